The second-order valence-corrected chi connectivity index (χ2v) is 8.72. The first-order valence-corrected chi connectivity index (χ1v) is 11.9. The van der Waals surface area contributed by atoms with Crippen LogP contribution in [0.5, 0.6) is 0 Å². The monoisotopic (exact) mass is 671 g/mol. The van der Waals surface area contributed by atoms with Crippen molar-refractivity contribution >= 4 is 29.8 Å². The van der Waals surface area contributed by atoms with E-state index < -0.39 is 36.1 Å². The van der Waals surface area contributed by atoms with Crippen LogP contribution in [0.25, 0.3) is 9.69 Å². The van der Waals surface area contributed by atoms with Crippen molar-refractivity contribution in [1.82, 2.24) is 0 Å². The first-order chi connectivity index (χ1) is 19.0. The quantitative estimate of drug-likeness (QED) is 0.0686. The van der Waals surface area contributed by atoms with Crippen LogP contribution in [0.3, 0.4) is 0 Å². The molecule has 234 valence electrons. The Hall–Kier alpha value is -1.13. The number of carbonyl (C=O) groups excluding carboxylic acids is 1. The van der Waals surface area contributed by atoms with E-state index in [1.165, 1.54) is 26.0 Å². The van der Waals surface area contributed by atoms with E-state index >= 15 is 0 Å². The molecule has 44 heavy (non-hydrogen) atoms. The van der Waals surface area contributed by atoms with E-state index in [2.05, 4.69) is 14.6 Å². The molecule has 0 aliphatic rings. The van der Waals surface area contributed by atoms with Gasteiger partial charge in [-0.15, -0.1) is 0 Å². The predicted octanol–water partition coefficient (Wildman–Crippen LogP) is -2.56. The van der Waals surface area contributed by atoms with Crippen LogP contribution in [0.2, 0.25) is 0 Å². The number of halogens is 1. The molecule has 0 bridgehead atoms. The molecule has 6 N–H and O–H groups in total. The summed E-state index contributed by atoms with van der Waals surface area (Å²) < 4.78 is 12.8. The van der Waals surface area contributed by atoms with E-state index in [1.807, 2.05) is 13.8 Å². The number of aliphatic hydroxyl groups is 2. The Morgan fingerprint density at radius 2 is 1.34 bits per heavy atom. The van der Waals surface area contributed by atoms with Gasteiger partial charge in [0.15, 0.2) is 11.4 Å². The molecule has 2 rings (SSSR count). The van der Waals surface area contributed by atoms with Crippen LogP contribution in [-0.4, -0.2) is 57.1 Å². The minimum atomic E-state index is -1.18. The molecule has 0 unspecified atom stereocenters. The van der Waals surface area contributed by atoms with Crippen molar-refractivity contribution in [3.63, 3.8) is 0 Å². The zero-order valence-corrected chi connectivity index (χ0v) is 31.8. The molecule has 0 aliphatic heterocycles. The Bertz CT molecular complexity index is 1270. The summed E-state index contributed by atoms with van der Waals surface area (Å²) in [6.45, 7) is 23.6. The summed E-state index contributed by atoms with van der Waals surface area (Å²) in [5.74, 6) is -3.24. The molecule has 0 fully saturated rings. The van der Waals surface area contributed by atoms with Gasteiger partial charge in [-0.2, -0.15) is 0 Å². The normalized spacial score (nSPS) is 11.6. The largest absolute Gasteiger partial charge is 1.00 e. The van der Waals surface area contributed by atoms with Crippen LogP contribution in [0, 0.1) is 52.6 Å². The smallest absolute Gasteiger partial charge is 1.00 e. The van der Waals surface area contributed by atoms with Gasteiger partial charge >= 0.3 is 115 Å². The molecule has 2 aromatic rings. The number of hydrogen-bond donors (Lipinski definition) is 5. The zero-order chi connectivity index (χ0) is 32.4. The third kappa shape index (κ3) is 19.4. The van der Waals surface area contributed by atoms with Crippen LogP contribution in [-0.2, 0) is 25.7 Å². The summed E-state index contributed by atoms with van der Waals surface area (Å²) in [7, 11) is 0. The van der Waals surface area contributed by atoms with Gasteiger partial charge in [0.1, 0.15) is 11.9 Å². The first-order valence-electron chi connectivity index (χ1n) is 11.9. The van der Waals surface area contributed by atoms with Crippen LogP contribution < -0.4 is 114 Å². The molecule has 0 saturated carbocycles. The van der Waals surface area contributed by atoms with Crippen molar-refractivity contribution in [2.45, 2.75) is 73.6 Å². The van der Waals surface area contributed by atoms with Gasteiger partial charge in [0.05, 0.1) is 31.3 Å². The molecule has 0 radical (unpaired) electrons. The van der Waals surface area contributed by atoms with Crippen LogP contribution in [0.4, 0.5) is 15.8 Å². The molecule has 15 heteroatoms. The van der Waals surface area contributed by atoms with E-state index in [9.17, 15) is 19.1 Å². The molecule has 12 nitrogen and oxygen atoms in total. The first kappa shape index (κ1) is 52.4. The fourth-order valence-electron chi connectivity index (χ4n) is 3.01. The van der Waals surface area contributed by atoms with Crippen molar-refractivity contribution < 1.29 is 154 Å². The maximum absolute atomic E-state index is 12.8. The number of nitrogens with two attached hydrogens (primary N) is 1. The van der Waals surface area contributed by atoms with Gasteiger partial charge in [0, 0.05) is 0 Å². The maximum Gasteiger partial charge on any atom is 1.00 e. The number of carboxylic acid groups (broad SMARTS) is 2. The van der Waals surface area contributed by atoms with Gasteiger partial charge in [-0.3, -0.25) is 14.4 Å². The van der Waals surface area contributed by atoms with Crippen LogP contribution in [0.1, 0.15) is 50.5 Å². The fraction of sp³-hybridized carbons (Fsp3) is 0.414. The summed E-state index contributed by atoms with van der Waals surface area (Å²) in [6.07, 6.45) is -1.60. The number of carboxylic acids is 2. The van der Waals surface area contributed by atoms with Gasteiger partial charge in [-0.1, -0.05) is 31.2 Å². The SMILES string of the molecule is C.C[C@H](O)[C@@H](N)C(=O)O.O=CO[O-].[C-]#[N+]c1ccc(C[C@@H](C(=O)O)[C@H](C)O)c(C)c1C.[C-]#[N+]c1ccc(F)c(C)c1C.[H-].[K+].[K+]. The third-order valence-electron chi connectivity index (χ3n) is 5.99. The van der Waals surface area contributed by atoms with Gasteiger partial charge in [0.25, 0.3) is 6.47 Å². The Balaban J connectivity index is -0.000000122. The zero-order valence-electron chi connectivity index (χ0n) is 26.6. The second-order valence-electron chi connectivity index (χ2n) is 8.72. The molecule has 0 spiro atoms. The van der Waals surface area contributed by atoms with Gasteiger partial charge in [-0.05, 0) is 76.3 Å². The number of rotatable bonds is 7. The molecular formula is C29H40FK2N3O9. The number of aliphatic hydroxyl groups excluding tert-OH is 2. The maximum atomic E-state index is 12.8. The summed E-state index contributed by atoms with van der Waals surface area (Å²) >= 11 is 0. The van der Waals surface area contributed by atoms with Gasteiger partial charge in [0.2, 0.25) is 0 Å². The average Bonchev–Trinajstić information content (AvgIpc) is 2.92. The Labute approximate surface area is 344 Å². The average molecular weight is 672 g/mol. The fourth-order valence-corrected chi connectivity index (χ4v) is 3.01. The van der Waals surface area contributed by atoms with Crippen molar-refractivity contribution in [3.8, 4) is 0 Å². The predicted molar refractivity (Wildman–Crippen MR) is 153 cm³/mol. The number of nitrogens with zero attached hydrogens (tertiary/aromatic N) is 2. The van der Waals surface area contributed by atoms with Crippen LogP contribution in [0.15, 0.2) is 24.3 Å². The number of carbonyl (C=O) groups is 3. The van der Waals surface area contributed by atoms with Crippen molar-refractivity contribution in [1.29, 1.82) is 0 Å². The summed E-state index contributed by atoms with van der Waals surface area (Å²) in [4.78, 5) is 38.8. The minimum Gasteiger partial charge on any atom is -1.00 e. The van der Waals surface area contributed by atoms with Crippen molar-refractivity contribution in [2.75, 3.05) is 0 Å². The third-order valence-corrected chi connectivity index (χ3v) is 5.99. The van der Waals surface area contributed by atoms with Crippen LogP contribution >= 0.6 is 0 Å². The number of hydrogen-bond acceptors (Lipinski definition) is 8. The minimum absolute atomic E-state index is 0. The molecule has 0 saturated heterocycles. The van der Waals surface area contributed by atoms with Gasteiger partial charge in [-0.25, -0.2) is 14.1 Å². The van der Waals surface area contributed by atoms with E-state index in [4.69, 9.17) is 44.2 Å². The van der Waals surface area contributed by atoms with E-state index in [0.717, 1.165) is 22.3 Å². The van der Waals surface area contributed by atoms with Crippen molar-refractivity contribution in [3.05, 3.63) is 80.7 Å². The summed E-state index contributed by atoms with van der Waals surface area (Å²) in [5, 5.41) is 43.5. The van der Waals surface area contributed by atoms with E-state index in [-0.39, 0.29) is 130 Å². The standard InChI is InChI=1S/C14H17NO3.C9H8FN.C4H9NO3.CH2O3.CH4.2K.H/c1-8-9(2)13(15-4)6-5-11(8)7-12(10(3)16)14(17)18;1-6-7(2)9(11-3)5-4-8(6)10;1-2(6)3(5)4(7)8;2-1-4-3;;;;/h5-6,10,12,16H,7H2,1-3H3,(H,17,18);4-5H,1-2H3;2-3,6H,5H2,1H3,(H,7,8);1,3H;1H4;;;/q;;;;;2*+1;-1/p-1/t10-,12+;;2-,3+;;;;;/m0.0...../s1. The molecule has 2 aromatic carbocycles. The molecule has 0 aliphatic carbocycles. The van der Waals surface area contributed by atoms with Crippen molar-refractivity contribution in [2.24, 2.45) is 11.7 Å². The van der Waals surface area contributed by atoms with E-state index in [1.54, 1.807) is 26.0 Å². The number of aliphatic carboxylic acids is 2. The molecule has 0 amide bonds. The summed E-state index contributed by atoms with van der Waals surface area (Å²) in [6, 6.07) is 5.15. The Morgan fingerprint density at radius 3 is 1.64 bits per heavy atom. The van der Waals surface area contributed by atoms with Gasteiger partial charge < -0.3 is 37.7 Å². The Morgan fingerprint density at radius 1 is 0.932 bits per heavy atom. The molecule has 4 atom stereocenters. The summed E-state index contributed by atoms with van der Waals surface area (Å²) in [5.41, 5.74) is 10.00. The molecular weight excluding hydrogens is 632 g/mol. The second kappa shape index (κ2) is 28.1. The van der Waals surface area contributed by atoms with E-state index in [0.29, 0.717) is 16.9 Å². The topological polar surface area (TPSA) is 199 Å². The molecule has 0 aromatic heterocycles. The number of benzene rings is 2. The Kier molecular flexibility index (Phi) is 33.5. The molecule has 0 heterocycles.